The third-order valence-electron chi connectivity index (χ3n) is 9.81. The Hall–Kier alpha value is -2.18. The lowest BCUT2D eigenvalue weighted by atomic mass is 9.68. The predicted molar refractivity (Wildman–Crippen MR) is 162 cm³/mol. The van der Waals surface area contributed by atoms with Crippen LogP contribution < -0.4 is 14.4 Å². The minimum Gasteiger partial charge on any atom is -0.490 e. The minimum atomic E-state index is -2.70. The van der Waals surface area contributed by atoms with Crippen LogP contribution in [0, 0.1) is 17.8 Å². The molecule has 1 spiro atoms. The lowest BCUT2D eigenvalue weighted by Gasteiger charge is -2.45. The van der Waals surface area contributed by atoms with Crippen molar-refractivity contribution in [2.75, 3.05) is 30.3 Å². The van der Waals surface area contributed by atoms with Gasteiger partial charge in [0.2, 0.25) is 0 Å². The van der Waals surface area contributed by atoms with E-state index >= 15 is 0 Å². The Bertz CT molecular complexity index is 1360. The third kappa shape index (κ3) is 5.56. The Kier molecular flexibility index (Phi) is 7.39. The Balaban J connectivity index is 1.39. The van der Waals surface area contributed by atoms with Crippen LogP contribution in [0.1, 0.15) is 79.8 Å². The summed E-state index contributed by atoms with van der Waals surface area (Å²) in [6.45, 7) is 4.73. The van der Waals surface area contributed by atoms with Crippen LogP contribution >= 0.6 is 11.6 Å². The lowest BCUT2D eigenvalue weighted by molar-refractivity contribution is 0.0982. The van der Waals surface area contributed by atoms with E-state index in [4.69, 9.17) is 16.3 Å². The van der Waals surface area contributed by atoms with Gasteiger partial charge < -0.3 is 9.64 Å². The van der Waals surface area contributed by atoms with Crippen molar-refractivity contribution in [3.8, 4) is 5.75 Å². The Labute approximate surface area is 238 Å². The maximum Gasteiger partial charge on any atom is 0.262 e. The van der Waals surface area contributed by atoms with E-state index in [1.54, 1.807) is 6.07 Å². The first-order chi connectivity index (χ1) is 18.7. The van der Waals surface area contributed by atoms with Crippen molar-refractivity contribution in [3.05, 3.63) is 58.1 Å². The summed E-state index contributed by atoms with van der Waals surface area (Å²) < 4.78 is 22.5. The van der Waals surface area contributed by atoms with Crippen LogP contribution in [0.3, 0.4) is 0 Å². The fraction of sp³-hybridized carbons (Fsp3) is 0.562. The van der Waals surface area contributed by atoms with Crippen LogP contribution in [0.5, 0.6) is 5.75 Å². The molecule has 2 aliphatic heterocycles. The second-order valence-electron chi connectivity index (χ2n) is 12.7. The van der Waals surface area contributed by atoms with E-state index in [1.807, 2.05) is 18.2 Å². The average molecular weight is 569 g/mol. The first-order valence-electron chi connectivity index (χ1n) is 14.7. The van der Waals surface area contributed by atoms with Gasteiger partial charge in [0.15, 0.2) is 0 Å². The average Bonchev–Trinajstić information content (AvgIpc) is 3.03. The van der Waals surface area contributed by atoms with Crippen LogP contribution in [0.4, 0.5) is 5.69 Å². The van der Waals surface area contributed by atoms with Gasteiger partial charge in [-0.25, -0.2) is 4.21 Å². The molecule has 1 N–H and O–H groups in total. The summed E-state index contributed by atoms with van der Waals surface area (Å²) in [5, 5.41) is 0.790. The topological polar surface area (TPSA) is 58.6 Å². The zero-order valence-corrected chi connectivity index (χ0v) is 24.6. The molecule has 6 rings (SSSR count). The second kappa shape index (κ2) is 10.7. The highest BCUT2D eigenvalue weighted by Crippen LogP contribution is 2.47. The summed E-state index contributed by atoms with van der Waals surface area (Å²) in [6.07, 6.45) is 10.1. The van der Waals surface area contributed by atoms with Gasteiger partial charge in [-0.15, -0.1) is 0 Å². The third-order valence-corrected chi connectivity index (χ3v) is 11.5. The molecule has 1 fully saturated rings. The number of fused-ring (bicyclic) bond motifs is 4. The van der Waals surface area contributed by atoms with E-state index in [-0.39, 0.29) is 11.3 Å². The maximum absolute atomic E-state index is 13.3. The smallest absolute Gasteiger partial charge is 0.262 e. The fourth-order valence-electron chi connectivity index (χ4n) is 7.38. The summed E-state index contributed by atoms with van der Waals surface area (Å²) in [5.41, 5.74) is 4.04. The number of carbonyl (C=O) groups is 1. The van der Waals surface area contributed by atoms with E-state index < -0.39 is 9.71 Å². The normalized spacial score (nSPS) is 33.1. The molecule has 1 saturated carbocycles. The zero-order valence-electron chi connectivity index (χ0n) is 23.1. The van der Waals surface area contributed by atoms with Gasteiger partial charge in [-0.1, -0.05) is 31.0 Å². The molecule has 1 amide bonds. The summed E-state index contributed by atoms with van der Waals surface area (Å²) in [5.74, 6) is 6.79. The van der Waals surface area contributed by atoms with Gasteiger partial charge in [0.1, 0.15) is 5.75 Å². The fourth-order valence-corrected chi connectivity index (χ4v) is 8.77. The summed E-state index contributed by atoms with van der Waals surface area (Å²) in [6, 6.07) is 12.0. The number of ether oxygens (including phenoxy) is 1. The van der Waals surface area contributed by atoms with Crippen molar-refractivity contribution in [2.45, 2.75) is 70.1 Å². The quantitative estimate of drug-likeness (QED) is 0.373. The van der Waals surface area contributed by atoms with Crippen LogP contribution in [0.25, 0.3) is 0 Å². The van der Waals surface area contributed by atoms with Crippen molar-refractivity contribution in [3.63, 3.8) is 0 Å². The molecule has 7 heteroatoms. The van der Waals surface area contributed by atoms with Gasteiger partial charge >= 0.3 is 0 Å². The highest BCUT2D eigenvalue weighted by atomic mass is 35.5. The number of nitrogens with zero attached hydrogens (tertiary/aromatic N) is 1. The van der Waals surface area contributed by atoms with Gasteiger partial charge in [0.25, 0.3) is 5.91 Å². The maximum atomic E-state index is 13.3. The van der Waals surface area contributed by atoms with Crippen molar-refractivity contribution >= 4 is 38.8 Å². The molecule has 210 valence electrons. The van der Waals surface area contributed by atoms with Crippen LogP contribution in [0.2, 0.25) is 5.02 Å². The Morgan fingerprint density at radius 3 is 2.72 bits per heavy atom. The molecule has 5 nitrogen and oxygen atoms in total. The molecular weight excluding hydrogens is 528 g/mol. The molecule has 2 aromatic carbocycles. The standard InChI is InChI=1S/C32H41ClN2O3S/c1-22-5-4-16-39(2,37)34-31(36)25-11-14-30-29(18-25)35(19-26-10-9-23(26)8-7-22)20-32(21-38-30)15-3-6-24-17-27(33)12-13-28(24)32/h11-14,17-18,22-23,26H,2-10,15-16,19-21H2,1H3,(H,34,36,37)/t22-,23+,26-,32-,39?/m0/s1. The summed E-state index contributed by atoms with van der Waals surface area (Å²) in [7, 11) is -2.70. The van der Waals surface area contributed by atoms with Crippen molar-refractivity contribution < 1.29 is 13.7 Å². The SMILES string of the molecule is C=S1(=O)CCC[C@H](C)CC[C@@H]2CC[C@H]2CN2C[C@@]3(CCCc4cc(Cl)ccc43)COc3ccc(cc32)C(=O)N1. The number of carbonyl (C=O) groups excluding carboxylic acids is 1. The van der Waals surface area contributed by atoms with Gasteiger partial charge in [0, 0.05) is 44.6 Å². The molecule has 1 unspecified atom stereocenters. The molecule has 2 bridgehead atoms. The molecule has 4 aliphatic rings. The minimum absolute atomic E-state index is 0.129. The van der Waals surface area contributed by atoms with E-state index in [1.165, 1.54) is 36.8 Å². The molecule has 2 aliphatic carbocycles. The number of anilines is 1. The van der Waals surface area contributed by atoms with E-state index in [9.17, 15) is 9.00 Å². The monoisotopic (exact) mass is 568 g/mol. The number of benzene rings is 2. The number of hydrogen-bond donors (Lipinski definition) is 1. The molecule has 0 radical (unpaired) electrons. The molecule has 0 aromatic heterocycles. The van der Waals surface area contributed by atoms with Crippen molar-refractivity contribution in [2.24, 2.45) is 17.8 Å². The number of aryl methyl sites for hydroxylation is 1. The number of hydrogen-bond acceptors (Lipinski definition) is 4. The summed E-state index contributed by atoms with van der Waals surface area (Å²) in [4.78, 5) is 15.8. The van der Waals surface area contributed by atoms with Crippen molar-refractivity contribution in [1.82, 2.24) is 4.72 Å². The molecule has 2 heterocycles. The second-order valence-corrected chi connectivity index (χ2v) is 15.3. The van der Waals surface area contributed by atoms with Crippen LogP contribution in [-0.4, -0.2) is 41.4 Å². The zero-order chi connectivity index (χ0) is 27.2. The highest BCUT2D eigenvalue weighted by molar-refractivity contribution is 7.99. The number of rotatable bonds is 0. The van der Waals surface area contributed by atoms with Gasteiger partial charge in [-0.2, -0.15) is 0 Å². The van der Waals surface area contributed by atoms with Gasteiger partial charge in [0.05, 0.1) is 12.3 Å². The number of nitrogens with one attached hydrogen (secondary N) is 1. The van der Waals surface area contributed by atoms with Gasteiger partial charge in [-0.05, 0) is 116 Å². The molecule has 2 aromatic rings. The molecular formula is C32H41ClN2O3S. The van der Waals surface area contributed by atoms with Crippen LogP contribution in [0.15, 0.2) is 36.4 Å². The number of halogens is 1. The van der Waals surface area contributed by atoms with Crippen molar-refractivity contribution in [1.29, 1.82) is 0 Å². The molecule has 39 heavy (non-hydrogen) atoms. The van der Waals surface area contributed by atoms with Crippen LogP contribution in [-0.2, 0) is 21.5 Å². The predicted octanol–water partition coefficient (Wildman–Crippen LogP) is 6.41. The number of amides is 1. The summed E-state index contributed by atoms with van der Waals surface area (Å²) >= 11 is 6.40. The van der Waals surface area contributed by atoms with Gasteiger partial charge in [-0.3, -0.25) is 9.52 Å². The van der Waals surface area contributed by atoms with E-state index in [0.29, 0.717) is 29.8 Å². The van der Waals surface area contributed by atoms with E-state index in [2.05, 4.69) is 34.5 Å². The Morgan fingerprint density at radius 2 is 1.90 bits per heavy atom. The lowest BCUT2D eigenvalue weighted by Crippen LogP contribution is -2.48. The molecule has 5 atom stereocenters. The largest absolute Gasteiger partial charge is 0.490 e. The Morgan fingerprint density at radius 1 is 1.08 bits per heavy atom. The first kappa shape index (κ1) is 27.0. The first-order valence-corrected chi connectivity index (χ1v) is 17.0. The highest BCUT2D eigenvalue weighted by Gasteiger charge is 2.43. The van der Waals surface area contributed by atoms with E-state index in [0.717, 1.165) is 67.6 Å². The molecule has 0 saturated heterocycles.